The first-order valence-corrected chi connectivity index (χ1v) is 6.16. The third-order valence-electron chi connectivity index (χ3n) is 2.56. The average Bonchev–Trinajstić information content (AvgIpc) is 2.42. The number of nitrogens with one attached hydrogen (secondary N) is 1. The van der Waals surface area contributed by atoms with Crippen molar-refractivity contribution in [2.75, 3.05) is 5.32 Å². The first kappa shape index (κ1) is 14.0. The van der Waals surface area contributed by atoms with Crippen molar-refractivity contribution in [3.8, 4) is 0 Å². The molecule has 2 N–H and O–H groups in total. The van der Waals surface area contributed by atoms with Gasteiger partial charge in [-0.1, -0.05) is 23.7 Å². The van der Waals surface area contributed by atoms with Crippen LogP contribution in [0.5, 0.6) is 0 Å². The molecule has 2 rings (SSSR count). The fourth-order valence-corrected chi connectivity index (χ4v) is 1.69. The maximum absolute atomic E-state index is 11.8. The summed E-state index contributed by atoms with van der Waals surface area (Å²) in [5, 5.41) is 11.9. The monoisotopic (exact) mass is 290 g/mol. The number of aromatic nitrogens is 1. The first-order valence-electron chi connectivity index (χ1n) is 5.78. The van der Waals surface area contributed by atoms with Crippen LogP contribution >= 0.6 is 11.6 Å². The second-order valence-electron chi connectivity index (χ2n) is 4.09. The SMILES string of the molecule is O=C(Cc1ccc(Cl)cc1)Nc1ccc(C(=O)O)cn1. The molecule has 0 aliphatic rings. The van der Waals surface area contributed by atoms with Gasteiger partial charge in [-0.05, 0) is 29.8 Å². The third-order valence-corrected chi connectivity index (χ3v) is 2.81. The van der Waals surface area contributed by atoms with E-state index in [-0.39, 0.29) is 17.9 Å². The molecular weight excluding hydrogens is 280 g/mol. The van der Waals surface area contributed by atoms with E-state index in [4.69, 9.17) is 16.7 Å². The van der Waals surface area contributed by atoms with Gasteiger partial charge in [0.1, 0.15) is 5.82 Å². The van der Waals surface area contributed by atoms with Crippen LogP contribution in [0.1, 0.15) is 15.9 Å². The summed E-state index contributed by atoms with van der Waals surface area (Å²) in [5.74, 6) is -0.978. The minimum Gasteiger partial charge on any atom is -0.478 e. The number of carboxylic acids is 1. The Balaban J connectivity index is 1.97. The summed E-state index contributed by atoms with van der Waals surface area (Å²) in [6.07, 6.45) is 1.39. The summed E-state index contributed by atoms with van der Waals surface area (Å²) in [5.41, 5.74) is 0.898. The van der Waals surface area contributed by atoms with E-state index in [9.17, 15) is 9.59 Å². The fraction of sp³-hybridized carbons (Fsp3) is 0.0714. The maximum atomic E-state index is 11.8. The van der Waals surface area contributed by atoms with E-state index in [1.165, 1.54) is 18.3 Å². The highest BCUT2D eigenvalue weighted by atomic mass is 35.5. The molecule has 0 radical (unpaired) electrons. The molecule has 6 heteroatoms. The lowest BCUT2D eigenvalue weighted by Gasteiger charge is -2.05. The number of carbonyl (C=O) groups is 2. The van der Waals surface area contributed by atoms with Gasteiger partial charge < -0.3 is 10.4 Å². The highest BCUT2D eigenvalue weighted by molar-refractivity contribution is 6.30. The molecule has 0 atom stereocenters. The van der Waals surface area contributed by atoms with E-state index >= 15 is 0 Å². The second-order valence-corrected chi connectivity index (χ2v) is 4.53. The van der Waals surface area contributed by atoms with E-state index in [0.717, 1.165) is 5.56 Å². The van der Waals surface area contributed by atoms with Gasteiger partial charge in [0.25, 0.3) is 0 Å². The smallest absolute Gasteiger partial charge is 0.337 e. The van der Waals surface area contributed by atoms with Gasteiger partial charge >= 0.3 is 5.97 Å². The number of hydrogen-bond donors (Lipinski definition) is 2. The zero-order valence-corrected chi connectivity index (χ0v) is 11.1. The lowest BCUT2D eigenvalue weighted by atomic mass is 10.1. The van der Waals surface area contributed by atoms with Crippen LogP contribution in [0, 0.1) is 0 Å². The normalized spacial score (nSPS) is 10.1. The predicted molar refractivity (Wildman–Crippen MR) is 75.0 cm³/mol. The number of aromatic carboxylic acids is 1. The van der Waals surface area contributed by atoms with E-state index in [2.05, 4.69) is 10.3 Å². The molecule has 1 aromatic carbocycles. The number of hydrogen-bond acceptors (Lipinski definition) is 3. The number of carbonyl (C=O) groups excluding carboxylic acids is 1. The van der Waals surface area contributed by atoms with Crippen LogP contribution in [0.2, 0.25) is 5.02 Å². The molecule has 102 valence electrons. The Bertz CT molecular complexity index is 624. The molecule has 0 unspecified atom stereocenters. The summed E-state index contributed by atoms with van der Waals surface area (Å²) in [7, 11) is 0. The fourth-order valence-electron chi connectivity index (χ4n) is 1.57. The quantitative estimate of drug-likeness (QED) is 0.907. The summed E-state index contributed by atoms with van der Waals surface area (Å²) < 4.78 is 0. The van der Waals surface area contributed by atoms with Crippen molar-refractivity contribution in [1.82, 2.24) is 4.98 Å². The predicted octanol–water partition coefficient (Wildman–Crippen LogP) is 2.61. The third kappa shape index (κ3) is 3.80. The number of benzene rings is 1. The number of halogens is 1. The number of nitrogens with zero attached hydrogens (tertiary/aromatic N) is 1. The Hall–Kier alpha value is -2.40. The number of amides is 1. The molecule has 5 nitrogen and oxygen atoms in total. The van der Waals surface area contributed by atoms with Crippen molar-refractivity contribution >= 4 is 29.3 Å². The first-order chi connectivity index (χ1) is 9.54. The van der Waals surface area contributed by atoms with Crippen LogP contribution in [0.4, 0.5) is 5.82 Å². The van der Waals surface area contributed by atoms with Crippen LogP contribution < -0.4 is 5.32 Å². The highest BCUT2D eigenvalue weighted by Crippen LogP contribution is 2.11. The molecule has 20 heavy (non-hydrogen) atoms. The van der Waals surface area contributed by atoms with E-state index < -0.39 is 5.97 Å². The lowest BCUT2D eigenvalue weighted by molar-refractivity contribution is -0.115. The van der Waals surface area contributed by atoms with Gasteiger partial charge in [-0.2, -0.15) is 0 Å². The number of rotatable bonds is 4. The average molecular weight is 291 g/mol. The van der Waals surface area contributed by atoms with Gasteiger partial charge in [0.2, 0.25) is 5.91 Å². The molecule has 0 aliphatic heterocycles. The maximum Gasteiger partial charge on any atom is 0.337 e. The number of anilines is 1. The second kappa shape index (κ2) is 6.16. The van der Waals surface area contributed by atoms with Crippen LogP contribution in [0.3, 0.4) is 0 Å². The molecule has 0 saturated heterocycles. The Morgan fingerprint density at radius 2 is 1.85 bits per heavy atom. The summed E-state index contributed by atoms with van der Waals surface area (Å²) in [4.78, 5) is 26.3. The van der Waals surface area contributed by atoms with Gasteiger partial charge in [0.05, 0.1) is 12.0 Å². The number of pyridine rings is 1. The van der Waals surface area contributed by atoms with Crippen LogP contribution in [0.25, 0.3) is 0 Å². The van der Waals surface area contributed by atoms with Gasteiger partial charge in [0, 0.05) is 11.2 Å². The molecule has 0 bridgehead atoms. The van der Waals surface area contributed by atoms with Crippen LogP contribution in [-0.2, 0) is 11.2 Å². The largest absolute Gasteiger partial charge is 0.478 e. The van der Waals surface area contributed by atoms with Gasteiger partial charge in [0.15, 0.2) is 0 Å². The minimum atomic E-state index is -1.06. The van der Waals surface area contributed by atoms with Crippen molar-refractivity contribution in [2.24, 2.45) is 0 Å². The highest BCUT2D eigenvalue weighted by Gasteiger charge is 2.07. The molecule has 1 aromatic heterocycles. The van der Waals surface area contributed by atoms with E-state index in [1.807, 2.05) is 0 Å². The number of carboxylic acid groups (broad SMARTS) is 1. The molecule has 0 spiro atoms. The van der Waals surface area contributed by atoms with Crippen LogP contribution in [0.15, 0.2) is 42.6 Å². The molecule has 2 aromatic rings. The summed E-state index contributed by atoms with van der Waals surface area (Å²) in [6, 6.07) is 9.79. The Morgan fingerprint density at radius 1 is 1.15 bits per heavy atom. The Morgan fingerprint density at radius 3 is 2.40 bits per heavy atom. The van der Waals surface area contributed by atoms with E-state index in [1.54, 1.807) is 24.3 Å². The van der Waals surface area contributed by atoms with Crippen molar-refractivity contribution in [3.05, 3.63) is 58.7 Å². The molecular formula is C14H11ClN2O3. The van der Waals surface area contributed by atoms with Gasteiger partial charge in [-0.15, -0.1) is 0 Å². The molecule has 0 fully saturated rings. The zero-order valence-electron chi connectivity index (χ0n) is 10.3. The van der Waals surface area contributed by atoms with Gasteiger partial charge in [-0.25, -0.2) is 9.78 Å². The minimum absolute atomic E-state index is 0.0701. The van der Waals surface area contributed by atoms with Crippen LogP contribution in [-0.4, -0.2) is 22.0 Å². The van der Waals surface area contributed by atoms with Gasteiger partial charge in [-0.3, -0.25) is 4.79 Å². The van der Waals surface area contributed by atoms with Crippen molar-refractivity contribution < 1.29 is 14.7 Å². The topological polar surface area (TPSA) is 79.3 Å². The Kier molecular flexibility index (Phi) is 4.32. The molecule has 0 aliphatic carbocycles. The molecule has 1 heterocycles. The molecule has 1 amide bonds. The summed E-state index contributed by atoms with van der Waals surface area (Å²) in [6.45, 7) is 0. The standard InChI is InChI=1S/C14H11ClN2O3/c15-11-4-1-9(2-5-11)7-13(18)17-12-6-3-10(8-16-12)14(19)20/h1-6,8H,7H2,(H,19,20)(H,16,17,18). The van der Waals surface area contributed by atoms with Crippen molar-refractivity contribution in [2.45, 2.75) is 6.42 Å². The Labute approximate surface area is 120 Å². The zero-order chi connectivity index (χ0) is 14.5. The van der Waals surface area contributed by atoms with E-state index in [0.29, 0.717) is 10.8 Å². The van der Waals surface area contributed by atoms with Crippen molar-refractivity contribution in [3.63, 3.8) is 0 Å². The summed E-state index contributed by atoms with van der Waals surface area (Å²) >= 11 is 5.76. The van der Waals surface area contributed by atoms with Crippen molar-refractivity contribution in [1.29, 1.82) is 0 Å². The lowest BCUT2D eigenvalue weighted by Crippen LogP contribution is -2.15. The molecule has 0 saturated carbocycles.